The minimum absolute atomic E-state index is 0.205. The van der Waals surface area contributed by atoms with Gasteiger partial charge in [0.05, 0.1) is 17.9 Å². The van der Waals surface area contributed by atoms with E-state index in [1.165, 1.54) is 5.56 Å². The third-order valence-corrected chi connectivity index (χ3v) is 3.62. The molecular formula is C18H25N3O2. The van der Waals surface area contributed by atoms with Gasteiger partial charge in [-0.25, -0.2) is 9.78 Å². The molecule has 124 valence electrons. The fourth-order valence-electron chi connectivity index (χ4n) is 2.10. The van der Waals surface area contributed by atoms with Crippen molar-refractivity contribution < 1.29 is 9.53 Å². The molecule has 0 fully saturated rings. The van der Waals surface area contributed by atoms with E-state index in [9.17, 15) is 4.79 Å². The van der Waals surface area contributed by atoms with Crippen molar-refractivity contribution in [2.75, 3.05) is 7.05 Å². The SMILES string of the molecule is Cc1ccc(-c2cnc([C@H](C)N(C)C(=O)OC(C)(C)C)[nH]2)cc1. The highest BCUT2D eigenvalue weighted by Crippen LogP contribution is 2.23. The summed E-state index contributed by atoms with van der Waals surface area (Å²) < 4.78 is 5.39. The molecule has 1 amide bonds. The summed E-state index contributed by atoms with van der Waals surface area (Å²) >= 11 is 0. The van der Waals surface area contributed by atoms with Gasteiger partial charge in [-0.15, -0.1) is 0 Å². The molecule has 1 heterocycles. The minimum Gasteiger partial charge on any atom is -0.444 e. The van der Waals surface area contributed by atoms with Crippen LogP contribution in [0, 0.1) is 6.92 Å². The van der Waals surface area contributed by atoms with Crippen LogP contribution in [0.1, 0.15) is 45.1 Å². The maximum absolute atomic E-state index is 12.1. The van der Waals surface area contributed by atoms with E-state index < -0.39 is 5.60 Å². The molecule has 1 aromatic heterocycles. The topological polar surface area (TPSA) is 58.2 Å². The van der Waals surface area contributed by atoms with Crippen molar-refractivity contribution in [2.24, 2.45) is 0 Å². The van der Waals surface area contributed by atoms with Crippen LogP contribution in [0.25, 0.3) is 11.3 Å². The summed E-state index contributed by atoms with van der Waals surface area (Å²) in [6.07, 6.45) is 1.43. The zero-order chi connectivity index (χ0) is 17.2. The van der Waals surface area contributed by atoms with Crippen LogP contribution < -0.4 is 0 Å². The van der Waals surface area contributed by atoms with Crippen LogP contribution in [0.5, 0.6) is 0 Å². The van der Waals surface area contributed by atoms with Gasteiger partial charge in [0.25, 0.3) is 0 Å². The molecule has 0 saturated carbocycles. The minimum atomic E-state index is -0.513. The smallest absolute Gasteiger partial charge is 0.410 e. The molecule has 5 heteroatoms. The standard InChI is InChI=1S/C18H25N3O2/c1-12-7-9-14(10-8-12)15-11-19-16(20-15)13(2)21(6)17(22)23-18(3,4)5/h7-11,13H,1-6H3,(H,19,20)/t13-/m0/s1. The van der Waals surface area contributed by atoms with Crippen LogP contribution >= 0.6 is 0 Å². The quantitative estimate of drug-likeness (QED) is 0.918. The third kappa shape index (κ3) is 4.34. The maximum Gasteiger partial charge on any atom is 0.410 e. The molecule has 5 nitrogen and oxygen atoms in total. The first kappa shape index (κ1) is 17.1. The van der Waals surface area contributed by atoms with Crippen LogP contribution in [0.15, 0.2) is 30.5 Å². The van der Waals surface area contributed by atoms with Gasteiger partial charge >= 0.3 is 6.09 Å². The number of imidazole rings is 1. The molecule has 0 bridgehead atoms. The number of amides is 1. The fourth-order valence-corrected chi connectivity index (χ4v) is 2.10. The average Bonchev–Trinajstić information content (AvgIpc) is 2.94. The zero-order valence-corrected chi connectivity index (χ0v) is 14.7. The molecule has 0 unspecified atom stereocenters. The number of aromatic amines is 1. The van der Waals surface area contributed by atoms with Crippen LogP contribution in [-0.4, -0.2) is 33.6 Å². The molecule has 2 aromatic rings. The van der Waals surface area contributed by atoms with Crippen LogP contribution in [0.4, 0.5) is 4.79 Å². The summed E-state index contributed by atoms with van der Waals surface area (Å²) in [4.78, 5) is 21.4. The van der Waals surface area contributed by atoms with Gasteiger partial charge in [0.15, 0.2) is 0 Å². The van der Waals surface area contributed by atoms with E-state index in [4.69, 9.17) is 4.74 Å². The van der Waals surface area contributed by atoms with E-state index in [2.05, 4.69) is 41.2 Å². The summed E-state index contributed by atoms with van der Waals surface area (Å²) in [6.45, 7) is 9.53. The number of ether oxygens (including phenoxy) is 1. The molecule has 0 saturated heterocycles. The van der Waals surface area contributed by atoms with Crippen molar-refractivity contribution >= 4 is 6.09 Å². The molecule has 1 N–H and O–H groups in total. The van der Waals surface area contributed by atoms with Gasteiger partial charge in [0.1, 0.15) is 11.4 Å². The monoisotopic (exact) mass is 315 g/mol. The van der Waals surface area contributed by atoms with E-state index in [1.54, 1.807) is 18.1 Å². The summed E-state index contributed by atoms with van der Waals surface area (Å²) in [7, 11) is 1.72. The largest absolute Gasteiger partial charge is 0.444 e. The van der Waals surface area contributed by atoms with E-state index in [0.29, 0.717) is 0 Å². The van der Waals surface area contributed by atoms with Gasteiger partial charge in [-0.3, -0.25) is 0 Å². The summed E-state index contributed by atoms with van der Waals surface area (Å²) in [5.74, 6) is 0.730. The normalized spacial score (nSPS) is 12.8. The van der Waals surface area contributed by atoms with E-state index >= 15 is 0 Å². The first-order valence-corrected chi connectivity index (χ1v) is 7.75. The molecule has 23 heavy (non-hydrogen) atoms. The van der Waals surface area contributed by atoms with Gasteiger partial charge in [-0.05, 0) is 40.2 Å². The molecule has 0 aliphatic carbocycles. The van der Waals surface area contributed by atoms with Gasteiger partial charge < -0.3 is 14.6 Å². The predicted molar refractivity (Wildman–Crippen MR) is 91.2 cm³/mol. The van der Waals surface area contributed by atoms with Crippen molar-refractivity contribution in [3.8, 4) is 11.3 Å². The third-order valence-electron chi connectivity index (χ3n) is 3.62. The number of H-pyrrole nitrogens is 1. The van der Waals surface area contributed by atoms with E-state index in [1.807, 2.05) is 27.7 Å². The number of nitrogens with one attached hydrogen (secondary N) is 1. The Morgan fingerprint density at radius 2 is 1.87 bits per heavy atom. The second-order valence-electron chi connectivity index (χ2n) is 6.82. The Morgan fingerprint density at radius 1 is 1.26 bits per heavy atom. The Labute approximate surface area is 137 Å². The lowest BCUT2D eigenvalue weighted by Crippen LogP contribution is -2.36. The second kappa shape index (κ2) is 6.44. The highest BCUT2D eigenvalue weighted by Gasteiger charge is 2.25. The lowest BCUT2D eigenvalue weighted by Gasteiger charge is -2.27. The molecule has 2 rings (SSSR count). The van der Waals surface area contributed by atoms with Gasteiger partial charge in [0, 0.05) is 7.05 Å². The number of hydrogen-bond donors (Lipinski definition) is 1. The summed E-state index contributed by atoms with van der Waals surface area (Å²) in [5, 5.41) is 0. The number of carbonyl (C=O) groups is 1. The number of aryl methyl sites for hydroxylation is 1. The average molecular weight is 315 g/mol. The maximum atomic E-state index is 12.1. The van der Waals surface area contributed by atoms with Crippen LogP contribution in [0.2, 0.25) is 0 Å². The van der Waals surface area contributed by atoms with Gasteiger partial charge in [0.2, 0.25) is 0 Å². The molecule has 0 aliphatic rings. The summed E-state index contributed by atoms with van der Waals surface area (Å²) in [5.41, 5.74) is 2.71. The summed E-state index contributed by atoms with van der Waals surface area (Å²) in [6, 6.07) is 8.02. The van der Waals surface area contributed by atoms with Crippen molar-refractivity contribution in [3.63, 3.8) is 0 Å². The van der Waals surface area contributed by atoms with Crippen molar-refractivity contribution in [3.05, 3.63) is 41.9 Å². The Kier molecular flexibility index (Phi) is 4.78. The van der Waals surface area contributed by atoms with Gasteiger partial charge in [-0.2, -0.15) is 0 Å². The zero-order valence-electron chi connectivity index (χ0n) is 14.7. The molecule has 0 radical (unpaired) electrons. The van der Waals surface area contributed by atoms with E-state index in [-0.39, 0.29) is 12.1 Å². The van der Waals surface area contributed by atoms with E-state index in [0.717, 1.165) is 17.1 Å². The lowest BCUT2D eigenvalue weighted by atomic mass is 10.1. The molecule has 1 atom stereocenters. The number of nitrogens with zero attached hydrogens (tertiary/aromatic N) is 2. The number of aromatic nitrogens is 2. The van der Waals surface area contributed by atoms with Crippen molar-refractivity contribution in [1.82, 2.24) is 14.9 Å². The Morgan fingerprint density at radius 3 is 2.43 bits per heavy atom. The molecule has 0 aliphatic heterocycles. The Hall–Kier alpha value is -2.30. The number of carbonyl (C=O) groups excluding carboxylic acids is 1. The Bertz CT molecular complexity index is 668. The second-order valence-corrected chi connectivity index (χ2v) is 6.82. The van der Waals surface area contributed by atoms with Gasteiger partial charge in [-0.1, -0.05) is 29.8 Å². The van der Waals surface area contributed by atoms with Crippen LogP contribution in [-0.2, 0) is 4.74 Å². The fraction of sp³-hybridized carbons (Fsp3) is 0.444. The highest BCUT2D eigenvalue weighted by atomic mass is 16.6. The predicted octanol–water partition coefficient (Wildman–Crippen LogP) is 4.31. The molecule has 0 spiro atoms. The lowest BCUT2D eigenvalue weighted by molar-refractivity contribution is 0.0228. The van der Waals surface area contributed by atoms with Crippen LogP contribution in [0.3, 0.4) is 0 Å². The number of hydrogen-bond acceptors (Lipinski definition) is 3. The molecule has 1 aromatic carbocycles. The first-order valence-electron chi connectivity index (χ1n) is 7.75. The van der Waals surface area contributed by atoms with Crippen molar-refractivity contribution in [1.29, 1.82) is 0 Å². The number of benzene rings is 1. The Balaban J connectivity index is 2.13. The van der Waals surface area contributed by atoms with Crippen molar-refractivity contribution in [2.45, 2.75) is 46.3 Å². The first-order chi connectivity index (χ1) is 10.7. The number of rotatable bonds is 3. The molecular weight excluding hydrogens is 290 g/mol. The highest BCUT2D eigenvalue weighted by molar-refractivity contribution is 5.68.